The van der Waals surface area contributed by atoms with Gasteiger partial charge in [-0.3, -0.25) is 0 Å². The zero-order valence-electron chi connectivity index (χ0n) is 11.3. The number of aromatic nitrogens is 1. The number of pyridine rings is 1. The molecule has 0 radical (unpaired) electrons. The first-order valence-electron chi connectivity index (χ1n) is 6.89. The summed E-state index contributed by atoms with van der Waals surface area (Å²) >= 11 is 0. The first-order valence-corrected chi connectivity index (χ1v) is 6.89. The highest BCUT2D eigenvalue weighted by molar-refractivity contribution is 5.46. The van der Waals surface area contributed by atoms with E-state index in [1.807, 2.05) is 12.1 Å². The zero-order chi connectivity index (χ0) is 14.9. The molecule has 0 unspecified atom stereocenters. The van der Waals surface area contributed by atoms with Crippen LogP contribution in [0.3, 0.4) is 0 Å². The second kappa shape index (κ2) is 5.39. The van der Waals surface area contributed by atoms with Crippen LogP contribution in [0.4, 0.5) is 19.0 Å². The Hall–Kier alpha value is -2.04. The smallest absolute Gasteiger partial charge is 0.369 e. The Kier molecular flexibility index (Phi) is 3.57. The van der Waals surface area contributed by atoms with Gasteiger partial charge in [0, 0.05) is 18.7 Å². The summed E-state index contributed by atoms with van der Waals surface area (Å²) in [6, 6.07) is 10.5. The third-order valence-electron chi connectivity index (χ3n) is 3.89. The molecule has 0 amide bonds. The Morgan fingerprint density at radius 3 is 2.76 bits per heavy atom. The summed E-state index contributed by atoms with van der Waals surface area (Å²) in [7, 11) is 0. The van der Waals surface area contributed by atoms with Gasteiger partial charge in [-0.25, -0.2) is 4.98 Å². The Bertz CT molecular complexity index is 637. The van der Waals surface area contributed by atoms with Crippen LogP contribution < -0.4 is 5.32 Å². The van der Waals surface area contributed by atoms with E-state index in [1.54, 1.807) is 0 Å². The lowest BCUT2D eigenvalue weighted by atomic mass is 10.0. The fourth-order valence-corrected chi connectivity index (χ4v) is 2.85. The van der Waals surface area contributed by atoms with E-state index in [1.165, 1.54) is 23.4 Å². The molecule has 1 aliphatic carbocycles. The molecule has 0 fully saturated rings. The maximum atomic E-state index is 12.9. The number of hydrogen-bond acceptors (Lipinski definition) is 2. The van der Waals surface area contributed by atoms with Crippen molar-refractivity contribution in [3.63, 3.8) is 0 Å². The molecule has 2 aromatic rings. The summed E-state index contributed by atoms with van der Waals surface area (Å²) in [5.74, 6) is 0.152. The number of benzene rings is 1. The van der Waals surface area contributed by atoms with E-state index in [2.05, 4.69) is 22.4 Å². The minimum atomic E-state index is -4.38. The van der Waals surface area contributed by atoms with Crippen LogP contribution in [-0.2, 0) is 12.6 Å². The molecule has 1 aromatic carbocycles. The molecule has 0 spiro atoms. The monoisotopic (exact) mass is 292 g/mol. The fraction of sp³-hybridized carbons (Fsp3) is 0.312. The van der Waals surface area contributed by atoms with Gasteiger partial charge in [0.15, 0.2) is 0 Å². The second-order valence-corrected chi connectivity index (χ2v) is 5.21. The number of halogens is 3. The predicted octanol–water partition coefficient (Wildman–Crippen LogP) is 4.24. The molecule has 1 N–H and O–H groups in total. The SMILES string of the molecule is FC(F)(F)c1cccnc1NC[C@H]1CCc2ccccc21. The standard InChI is InChI=1S/C16H15F3N2/c17-16(18,19)14-6-3-9-20-15(14)21-10-12-8-7-11-4-1-2-5-13(11)12/h1-6,9,12H,7-8,10H2,(H,20,21)/t12-/m1/s1. The van der Waals surface area contributed by atoms with Crippen LogP contribution in [0.1, 0.15) is 29.0 Å². The summed E-state index contributed by atoms with van der Waals surface area (Å²) in [6.45, 7) is 0.469. The molecule has 0 bridgehead atoms. The first-order chi connectivity index (χ1) is 10.1. The molecule has 1 aromatic heterocycles. The summed E-state index contributed by atoms with van der Waals surface area (Å²) in [6.07, 6.45) is -1.07. The van der Waals surface area contributed by atoms with Crippen LogP contribution in [0, 0.1) is 0 Å². The highest BCUT2D eigenvalue weighted by Gasteiger charge is 2.34. The molecule has 0 saturated heterocycles. The number of nitrogens with zero attached hydrogens (tertiary/aromatic N) is 1. The number of hydrogen-bond donors (Lipinski definition) is 1. The summed E-state index contributed by atoms with van der Waals surface area (Å²) < 4.78 is 38.7. The molecule has 5 heteroatoms. The molecule has 1 atom stereocenters. The van der Waals surface area contributed by atoms with Crippen molar-refractivity contribution < 1.29 is 13.2 Å². The summed E-state index contributed by atoms with van der Waals surface area (Å²) in [5.41, 5.74) is 1.81. The van der Waals surface area contributed by atoms with E-state index in [-0.39, 0.29) is 11.7 Å². The largest absolute Gasteiger partial charge is 0.419 e. The molecule has 0 saturated carbocycles. The average molecular weight is 292 g/mol. The van der Waals surface area contributed by atoms with Crippen LogP contribution in [0.15, 0.2) is 42.6 Å². The lowest BCUT2D eigenvalue weighted by Gasteiger charge is -2.16. The third-order valence-corrected chi connectivity index (χ3v) is 3.89. The Labute approximate surface area is 121 Å². The van der Waals surface area contributed by atoms with Gasteiger partial charge in [-0.05, 0) is 36.1 Å². The van der Waals surface area contributed by atoms with Crippen molar-refractivity contribution in [3.8, 4) is 0 Å². The van der Waals surface area contributed by atoms with Crippen molar-refractivity contribution in [1.29, 1.82) is 0 Å². The van der Waals surface area contributed by atoms with Crippen LogP contribution >= 0.6 is 0 Å². The number of aryl methyl sites for hydroxylation is 1. The fourth-order valence-electron chi connectivity index (χ4n) is 2.85. The molecule has 2 nitrogen and oxygen atoms in total. The van der Waals surface area contributed by atoms with Crippen molar-refractivity contribution in [2.45, 2.75) is 24.9 Å². The van der Waals surface area contributed by atoms with Gasteiger partial charge in [-0.1, -0.05) is 24.3 Å². The van der Waals surface area contributed by atoms with Gasteiger partial charge in [-0.2, -0.15) is 13.2 Å². The second-order valence-electron chi connectivity index (χ2n) is 5.21. The van der Waals surface area contributed by atoms with Crippen molar-refractivity contribution in [2.75, 3.05) is 11.9 Å². The predicted molar refractivity (Wildman–Crippen MR) is 75.2 cm³/mol. The zero-order valence-corrected chi connectivity index (χ0v) is 11.3. The molecule has 110 valence electrons. The van der Waals surface area contributed by atoms with Gasteiger partial charge >= 0.3 is 6.18 Å². The lowest BCUT2D eigenvalue weighted by molar-refractivity contribution is -0.137. The number of rotatable bonds is 3. The van der Waals surface area contributed by atoms with E-state index in [0.29, 0.717) is 6.54 Å². The molecule has 1 heterocycles. The van der Waals surface area contributed by atoms with Gasteiger partial charge in [0.2, 0.25) is 0 Å². The van der Waals surface area contributed by atoms with E-state index in [4.69, 9.17) is 0 Å². The summed E-state index contributed by atoms with van der Waals surface area (Å²) in [5, 5.41) is 2.87. The number of alkyl halides is 3. The highest BCUT2D eigenvalue weighted by atomic mass is 19.4. The normalized spacial score (nSPS) is 17.6. The quantitative estimate of drug-likeness (QED) is 0.915. The summed E-state index contributed by atoms with van der Waals surface area (Å²) in [4.78, 5) is 3.83. The van der Waals surface area contributed by atoms with Crippen LogP contribution in [0.5, 0.6) is 0 Å². The molecule has 21 heavy (non-hydrogen) atoms. The first kappa shape index (κ1) is 13.9. The number of fused-ring (bicyclic) bond motifs is 1. The van der Waals surface area contributed by atoms with Gasteiger partial charge in [-0.15, -0.1) is 0 Å². The Morgan fingerprint density at radius 2 is 1.95 bits per heavy atom. The Balaban J connectivity index is 1.75. The minimum Gasteiger partial charge on any atom is -0.369 e. The van der Waals surface area contributed by atoms with E-state index in [9.17, 15) is 13.2 Å². The molecule has 1 aliphatic rings. The van der Waals surface area contributed by atoms with Crippen molar-refractivity contribution >= 4 is 5.82 Å². The van der Waals surface area contributed by atoms with Crippen LogP contribution in [0.2, 0.25) is 0 Å². The maximum Gasteiger partial charge on any atom is 0.419 e. The molecular weight excluding hydrogens is 277 g/mol. The van der Waals surface area contributed by atoms with E-state index in [0.717, 1.165) is 18.9 Å². The van der Waals surface area contributed by atoms with Crippen molar-refractivity contribution in [1.82, 2.24) is 4.98 Å². The van der Waals surface area contributed by atoms with Gasteiger partial charge < -0.3 is 5.32 Å². The molecule has 0 aliphatic heterocycles. The lowest BCUT2D eigenvalue weighted by Crippen LogP contribution is -2.16. The topological polar surface area (TPSA) is 24.9 Å². The van der Waals surface area contributed by atoms with Crippen LogP contribution in [-0.4, -0.2) is 11.5 Å². The van der Waals surface area contributed by atoms with Gasteiger partial charge in [0.25, 0.3) is 0 Å². The van der Waals surface area contributed by atoms with Crippen LogP contribution in [0.25, 0.3) is 0 Å². The van der Waals surface area contributed by atoms with Crippen molar-refractivity contribution in [2.24, 2.45) is 0 Å². The molecule has 3 rings (SSSR count). The third kappa shape index (κ3) is 2.86. The van der Waals surface area contributed by atoms with E-state index >= 15 is 0 Å². The number of nitrogens with one attached hydrogen (secondary N) is 1. The minimum absolute atomic E-state index is 0.0885. The molecular formula is C16H15F3N2. The highest BCUT2D eigenvalue weighted by Crippen LogP contribution is 2.35. The Morgan fingerprint density at radius 1 is 1.14 bits per heavy atom. The van der Waals surface area contributed by atoms with Crippen molar-refractivity contribution in [3.05, 3.63) is 59.3 Å². The number of anilines is 1. The van der Waals surface area contributed by atoms with Gasteiger partial charge in [0.1, 0.15) is 5.82 Å². The van der Waals surface area contributed by atoms with Gasteiger partial charge in [0.05, 0.1) is 5.56 Å². The average Bonchev–Trinajstić information content (AvgIpc) is 2.88. The maximum absolute atomic E-state index is 12.9. The van der Waals surface area contributed by atoms with E-state index < -0.39 is 11.7 Å².